The molecule has 0 bridgehead atoms. The zero-order valence-electron chi connectivity index (χ0n) is 38.8. The van der Waals surface area contributed by atoms with Gasteiger partial charge in [0.1, 0.15) is 0 Å². The van der Waals surface area contributed by atoms with Crippen molar-refractivity contribution in [3.8, 4) is 0 Å². The Labute approximate surface area is 393 Å². The van der Waals surface area contributed by atoms with E-state index in [2.05, 4.69) is 94.4 Å². The third-order valence-corrected chi connectivity index (χ3v) is 11.8. The van der Waals surface area contributed by atoms with Crippen LogP contribution in [0.2, 0.25) is 0 Å². The molecular formula is C57H71N3O6. The molecule has 0 aliphatic rings. The number of hydrogen-bond acceptors (Lipinski definition) is 9. The first kappa shape index (κ1) is 50.4. The Morgan fingerprint density at radius 1 is 0.348 bits per heavy atom. The lowest BCUT2D eigenvalue weighted by Gasteiger charge is -2.34. The Hall–Kier alpha value is -5.04. The Morgan fingerprint density at radius 3 is 0.727 bits per heavy atom. The van der Waals surface area contributed by atoms with Crippen molar-refractivity contribution in [3.63, 3.8) is 0 Å². The number of aliphatic hydroxyl groups excluding tert-OH is 3. The van der Waals surface area contributed by atoms with Crippen LogP contribution in [0, 0.1) is 5.41 Å². The summed E-state index contributed by atoms with van der Waals surface area (Å²) in [5.41, 5.74) is 6.46. The van der Waals surface area contributed by atoms with Crippen molar-refractivity contribution in [1.29, 1.82) is 0 Å². The normalized spacial score (nSPS) is 14.0. The van der Waals surface area contributed by atoms with Crippen molar-refractivity contribution in [2.45, 2.75) is 70.9 Å². The minimum Gasteiger partial charge on any atom is -0.389 e. The van der Waals surface area contributed by atoms with Gasteiger partial charge in [-0.05, 0) is 39.8 Å². The van der Waals surface area contributed by atoms with E-state index in [0.29, 0.717) is 65.3 Å². The van der Waals surface area contributed by atoms with Crippen molar-refractivity contribution in [2.24, 2.45) is 5.41 Å². The molecule has 0 amide bonds. The summed E-state index contributed by atoms with van der Waals surface area (Å²) in [6, 6.07) is 61.9. The monoisotopic (exact) mass is 894 g/mol. The van der Waals surface area contributed by atoms with E-state index in [0.717, 1.165) is 0 Å². The second kappa shape index (κ2) is 28.2. The van der Waals surface area contributed by atoms with Crippen LogP contribution in [0.25, 0.3) is 0 Å². The number of rotatable bonds is 31. The fourth-order valence-corrected chi connectivity index (χ4v) is 8.32. The molecule has 0 saturated heterocycles. The highest BCUT2D eigenvalue weighted by Crippen LogP contribution is 2.25. The lowest BCUT2D eigenvalue weighted by Crippen LogP contribution is -2.42. The lowest BCUT2D eigenvalue weighted by atomic mass is 9.88. The molecule has 3 atom stereocenters. The highest BCUT2D eigenvalue weighted by atomic mass is 16.5. The van der Waals surface area contributed by atoms with Gasteiger partial charge in [-0.15, -0.1) is 0 Å². The van der Waals surface area contributed by atoms with Crippen LogP contribution in [0.1, 0.15) is 46.7 Å². The molecule has 9 nitrogen and oxygen atoms in total. The average Bonchev–Trinajstić information content (AvgIpc) is 3.33. The summed E-state index contributed by atoms with van der Waals surface area (Å²) in [6.07, 6.45) is -1.56. The van der Waals surface area contributed by atoms with Crippen LogP contribution in [-0.2, 0) is 53.5 Å². The molecular weight excluding hydrogens is 823 g/mol. The second-order valence-corrected chi connectivity index (χ2v) is 17.8. The Morgan fingerprint density at radius 2 is 0.545 bits per heavy atom. The van der Waals surface area contributed by atoms with E-state index < -0.39 is 23.7 Å². The fourth-order valence-electron chi connectivity index (χ4n) is 8.32. The topological polar surface area (TPSA) is 98.1 Å². The summed E-state index contributed by atoms with van der Waals surface area (Å²) >= 11 is 0. The molecule has 6 aromatic carbocycles. The molecule has 0 radical (unpaired) electrons. The third kappa shape index (κ3) is 18.7. The molecule has 66 heavy (non-hydrogen) atoms. The zero-order valence-corrected chi connectivity index (χ0v) is 38.8. The van der Waals surface area contributed by atoms with Crippen molar-refractivity contribution in [2.75, 3.05) is 59.3 Å². The van der Waals surface area contributed by atoms with Crippen LogP contribution >= 0.6 is 0 Å². The molecule has 0 aromatic heterocycles. The Bertz CT molecular complexity index is 1770. The van der Waals surface area contributed by atoms with Crippen LogP contribution in [0.5, 0.6) is 0 Å². The summed E-state index contributed by atoms with van der Waals surface area (Å²) < 4.78 is 19.2. The molecule has 3 N–H and O–H groups in total. The maximum Gasteiger partial charge on any atom is 0.0900 e. The first-order valence-corrected chi connectivity index (χ1v) is 23.5. The van der Waals surface area contributed by atoms with Crippen LogP contribution < -0.4 is 0 Å². The van der Waals surface area contributed by atoms with E-state index in [4.69, 9.17) is 14.2 Å². The molecule has 0 heterocycles. The smallest absolute Gasteiger partial charge is 0.0900 e. The van der Waals surface area contributed by atoms with Crippen molar-refractivity contribution < 1.29 is 29.5 Å². The largest absolute Gasteiger partial charge is 0.389 e. The molecule has 0 spiro atoms. The van der Waals surface area contributed by atoms with Gasteiger partial charge in [0.25, 0.3) is 0 Å². The molecule has 0 aliphatic carbocycles. The number of ether oxygens (including phenoxy) is 3. The molecule has 6 rings (SSSR count). The fraction of sp³-hybridized carbons (Fsp3) is 0.368. The molecule has 350 valence electrons. The highest BCUT2D eigenvalue weighted by molar-refractivity contribution is 5.20. The average molecular weight is 894 g/mol. The van der Waals surface area contributed by atoms with Crippen molar-refractivity contribution in [3.05, 3.63) is 215 Å². The van der Waals surface area contributed by atoms with Gasteiger partial charge in [0, 0.05) is 64.3 Å². The third-order valence-electron chi connectivity index (χ3n) is 11.8. The van der Waals surface area contributed by atoms with E-state index in [1.165, 1.54) is 33.4 Å². The van der Waals surface area contributed by atoms with Gasteiger partial charge >= 0.3 is 0 Å². The van der Waals surface area contributed by atoms with E-state index in [1.54, 1.807) is 0 Å². The highest BCUT2D eigenvalue weighted by Gasteiger charge is 2.31. The van der Waals surface area contributed by atoms with Gasteiger partial charge in [-0.3, -0.25) is 14.7 Å². The van der Waals surface area contributed by atoms with Gasteiger partial charge in [0.2, 0.25) is 0 Å². The van der Waals surface area contributed by atoms with Crippen LogP contribution in [0.15, 0.2) is 182 Å². The first-order valence-electron chi connectivity index (χ1n) is 23.5. The van der Waals surface area contributed by atoms with Gasteiger partial charge < -0.3 is 29.5 Å². The molecule has 9 heteroatoms. The summed E-state index contributed by atoms with van der Waals surface area (Å²) in [5.74, 6) is 0. The number of hydrogen-bond donors (Lipinski definition) is 3. The summed E-state index contributed by atoms with van der Waals surface area (Å²) in [4.78, 5) is 6.75. The van der Waals surface area contributed by atoms with E-state index in [9.17, 15) is 15.3 Å². The van der Waals surface area contributed by atoms with Gasteiger partial charge in [0.05, 0.1) is 58.0 Å². The van der Waals surface area contributed by atoms with Gasteiger partial charge in [-0.25, -0.2) is 0 Å². The lowest BCUT2D eigenvalue weighted by molar-refractivity contribution is -0.104. The SMILES string of the molecule is CCC(COCC(O)CN(Cc1ccccc1)Cc1ccccc1)(COCC(O)CN(Cc1ccccc1)Cc1ccccc1)COCC(O)CN(Cc1ccccc1)Cc1ccccc1. The minimum atomic E-state index is -0.738. The second-order valence-electron chi connectivity index (χ2n) is 17.8. The number of nitrogens with zero attached hydrogens (tertiary/aromatic N) is 3. The number of aliphatic hydroxyl groups is 3. The van der Waals surface area contributed by atoms with Crippen molar-refractivity contribution >= 4 is 0 Å². The quantitative estimate of drug-likeness (QED) is 0.0397. The molecule has 0 fully saturated rings. The molecule has 0 aliphatic heterocycles. The minimum absolute atomic E-state index is 0.134. The predicted molar refractivity (Wildman–Crippen MR) is 264 cm³/mol. The van der Waals surface area contributed by atoms with E-state index in [-0.39, 0.29) is 39.6 Å². The molecule has 0 saturated carbocycles. The van der Waals surface area contributed by atoms with Gasteiger partial charge in [-0.2, -0.15) is 0 Å². The van der Waals surface area contributed by atoms with Gasteiger partial charge in [0.15, 0.2) is 0 Å². The standard InChI is InChI=1S/C57H71N3O6/c1-2-57(45-64-42-54(61)39-58(33-48-21-9-3-10-22-48)34-49-23-11-4-12-24-49,46-65-43-55(62)40-59(35-50-25-13-5-14-26-50)36-51-27-15-6-16-28-51)47-66-44-56(63)41-60(37-52-29-17-7-18-30-52)38-53-31-19-8-20-32-53/h3-32,54-56,61-63H,2,33-47H2,1H3. The van der Waals surface area contributed by atoms with Crippen LogP contribution in [0.4, 0.5) is 0 Å². The summed E-state index contributed by atoms with van der Waals surface area (Å²) in [5, 5.41) is 34.3. The Kier molecular flexibility index (Phi) is 21.5. The molecule has 3 unspecified atom stereocenters. The van der Waals surface area contributed by atoms with Gasteiger partial charge in [-0.1, -0.05) is 189 Å². The Balaban J connectivity index is 1.08. The predicted octanol–water partition coefficient (Wildman–Crippen LogP) is 8.62. The zero-order chi connectivity index (χ0) is 46.1. The first-order chi connectivity index (χ1) is 32.3. The summed E-state index contributed by atoms with van der Waals surface area (Å²) in [7, 11) is 0. The van der Waals surface area contributed by atoms with Crippen LogP contribution in [-0.4, -0.2) is 108 Å². The van der Waals surface area contributed by atoms with Crippen LogP contribution in [0.3, 0.4) is 0 Å². The van der Waals surface area contributed by atoms with E-state index in [1.807, 2.05) is 109 Å². The molecule has 6 aromatic rings. The number of benzene rings is 6. The summed E-state index contributed by atoms with van der Waals surface area (Å²) in [6.45, 7) is 8.76. The maximum absolute atomic E-state index is 11.4. The van der Waals surface area contributed by atoms with Crippen molar-refractivity contribution in [1.82, 2.24) is 14.7 Å². The van der Waals surface area contributed by atoms with E-state index >= 15 is 0 Å². The maximum atomic E-state index is 11.4.